The second-order valence-electron chi connectivity index (χ2n) is 2.03. The summed E-state index contributed by atoms with van der Waals surface area (Å²) in [5.41, 5.74) is 8.32. The Kier molecular flexibility index (Phi) is 5.86. The van der Waals surface area contributed by atoms with Gasteiger partial charge in [-0.15, -0.1) is 0 Å². The molecule has 0 saturated carbocycles. The Bertz CT molecular complexity index is 259. The smallest absolute Gasteiger partial charge is 0.222 e. The Balaban J connectivity index is 3.50. The van der Waals surface area contributed by atoms with E-state index >= 15 is 0 Å². The van der Waals surface area contributed by atoms with Gasteiger partial charge >= 0.3 is 0 Å². The van der Waals surface area contributed by atoms with E-state index in [1.54, 1.807) is 0 Å². The van der Waals surface area contributed by atoms with Crippen molar-refractivity contribution in [2.75, 3.05) is 6.54 Å². The lowest BCUT2D eigenvalue weighted by Gasteiger charge is -2.00. The molecule has 0 rings (SSSR count). The average Bonchev–Trinajstić information content (AvgIpc) is 1.97. The van der Waals surface area contributed by atoms with Crippen molar-refractivity contribution in [3.63, 3.8) is 0 Å². The van der Waals surface area contributed by atoms with Crippen molar-refractivity contribution in [2.45, 2.75) is 12.8 Å². The zero-order chi connectivity index (χ0) is 9.40. The molecule has 0 aliphatic rings. The molecule has 0 saturated heterocycles. The molecule has 7 heteroatoms. The summed E-state index contributed by atoms with van der Waals surface area (Å²) in [7, 11) is -2.62. The summed E-state index contributed by atoms with van der Waals surface area (Å²) in [5.74, 6) is 0. The lowest BCUT2D eigenvalue weighted by molar-refractivity contribution is 0.606. The van der Waals surface area contributed by atoms with Crippen LogP contribution < -0.4 is 4.72 Å². The van der Waals surface area contributed by atoms with E-state index in [0.29, 0.717) is 25.1 Å². The van der Waals surface area contributed by atoms with Gasteiger partial charge in [0, 0.05) is 17.2 Å². The van der Waals surface area contributed by atoms with Crippen LogP contribution in [0.2, 0.25) is 0 Å². The van der Waals surface area contributed by atoms with Crippen LogP contribution in [-0.4, -0.2) is 15.0 Å². The molecule has 0 aliphatic heterocycles. The van der Waals surface area contributed by atoms with Crippen molar-refractivity contribution in [3.8, 4) is 0 Å². The van der Waals surface area contributed by atoms with Crippen molar-refractivity contribution in [2.24, 2.45) is 5.11 Å². The molecule has 0 atom stereocenters. The summed E-state index contributed by atoms with van der Waals surface area (Å²) in [6.07, 6.45) is 1.08. The van der Waals surface area contributed by atoms with E-state index in [4.69, 9.17) is 5.53 Å². The van der Waals surface area contributed by atoms with Crippen LogP contribution in [0.15, 0.2) is 17.4 Å². The van der Waals surface area contributed by atoms with Crippen LogP contribution in [0.25, 0.3) is 10.4 Å². The second-order valence-corrected chi connectivity index (χ2v) is 2.77. The van der Waals surface area contributed by atoms with Gasteiger partial charge in [0.25, 0.3) is 0 Å². The van der Waals surface area contributed by atoms with Gasteiger partial charge in [-0.2, -0.15) is 0 Å². The molecular weight excluding hydrogens is 180 g/mol. The number of rotatable bonds is 6. The van der Waals surface area contributed by atoms with Gasteiger partial charge in [-0.05, 0) is 18.4 Å². The normalized spacial score (nSPS) is 9.08. The Labute approximate surface area is 72.0 Å². The lowest BCUT2D eigenvalue weighted by atomic mass is 10.3. The fourth-order valence-electron chi connectivity index (χ4n) is 0.593. The molecule has 0 heterocycles. The van der Waals surface area contributed by atoms with Crippen LogP contribution in [0, 0.1) is 0 Å². The second kappa shape index (κ2) is 6.51. The third kappa shape index (κ3) is 6.91. The minimum Gasteiger partial charge on any atom is -0.290 e. The number of allylic oxidation sites excluding steroid dienone is 1. The molecule has 6 nitrogen and oxygen atoms in total. The molecule has 0 radical (unpaired) electrons. The monoisotopic (exact) mass is 190 g/mol. The maximum atomic E-state index is 10.1. The fraction of sp³-hybridized carbons (Fsp3) is 0.600. The summed E-state index contributed by atoms with van der Waals surface area (Å²) in [4.78, 5) is 2.55. The topological polar surface area (TPSA) is 94.9 Å². The zero-order valence-corrected chi connectivity index (χ0v) is 7.33. The van der Waals surface area contributed by atoms with Gasteiger partial charge in [0.1, 0.15) is 0 Å². The SMILES string of the molecule is C=C(CCCN=[N+]=[N-])N[SH](=O)=O. The molecule has 0 aromatic carbocycles. The fourth-order valence-corrected chi connectivity index (χ4v) is 0.963. The van der Waals surface area contributed by atoms with Gasteiger partial charge in [0.2, 0.25) is 10.9 Å². The Morgan fingerprint density at radius 2 is 2.33 bits per heavy atom. The van der Waals surface area contributed by atoms with Crippen LogP contribution in [-0.2, 0) is 10.9 Å². The summed E-state index contributed by atoms with van der Waals surface area (Å²) < 4.78 is 22.3. The van der Waals surface area contributed by atoms with E-state index in [9.17, 15) is 8.42 Å². The minimum absolute atomic E-state index is 0.354. The Morgan fingerprint density at radius 1 is 1.67 bits per heavy atom. The summed E-state index contributed by atoms with van der Waals surface area (Å²) >= 11 is 0. The quantitative estimate of drug-likeness (QED) is 0.212. The first-order valence-electron chi connectivity index (χ1n) is 3.26. The van der Waals surface area contributed by atoms with E-state index in [2.05, 4.69) is 21.3 Å². The predicted molar refractivity (Wildman–Crippen MR) is 45.8 cm³/mol. The molecule has 0 aromatic heterocycles. The molecule has 0 aromatic rings. The standard InChI is InChI=1S/C5H10N4O2S/c1-5(8-12(10)11)3-2-4-7-9-6/h12H,1-4H2,(H,8,10,11). The van der Waals surface area contributed by atoms with E-state index in [0.717, 1.165) is 0 Å². The third-order valence-corrected chi connectivity index (χ3v) is 1.55. The van der Waals surface area contributed by atoms with Gasteiger partial charge in [-0.3, -0.25) is 4.72 Å². The highest BCUT2D eigenvalue weighted by atomic mass is 32.2. The maximum Gasteiger partial charge on any atom is 0.222 e. The molecule has 12 heavy (non-hydrogen) atoms. The van der Waals surface area contributed by atoms with E-state index < -0.39 is 10.9 Å². The van der Waals surface area contributed by atoms with Crippen molar-refractivity contribution in [1.29, 1.82) is 0 Å². The first-order valence-corrected chi connectivity index (χ1v) is 4.44. The maximum absolute atomic E-state index is 10.1. The molecule has 68 valence electrons. The first-order chi connectivity index (χ1) is 5.66. The van der Waals surface area contributed by atoms with Crippen LogP contribution in [0.5, 0.6) is 0 Å². The number of hydrogen-bond donors (Lipinski definition) is 2. The molecule has 0 aliphatic carbocycles. The number of nitrogens with one attached hydrogen (secondary N) is 1. The van der Waals surface area contributed by atoms with Gasteiger partial charge in [0.05, 0.1) is 0 Å². The highest BCUT2D eigenvalue weighted by Crippen LogP contribution is 1.98. The number of nitrogens with zero attached hydrogens (tertiary/aromatic N) is 3. The predicted octanol–water partition coefficient (Wildman–Crippen LogP) is 0.707. The summed E-state index contributed by atoms with van der Waals surface area (Å²) in [6, 6.07) is 0. The highest BCUT2D eigenvalue weighted by Gasteiger charge is 1.92. The number of azide groups is 1. The molecular formula is C5H10N4O2S. The Morgan fingerprint density at radius 3 is 2.83 bits per heavy atom. The van der Waals surface area contributed by atoms with Crippen LogP contribution >= 0.6 is 0 Å². The van der Waals surface area contributed by atoms with Crippen molar-refractivity contribution < 1.29 is 8.42 Å². The molecule has 0 fully saturated rings. The van der Waals surface area contributed by atoms with E-state index in [-0.39, 0.29) is 0 Å². The van der Waals surface area contributed by atoms with Crippen molar-refractivity contribution in [3.05, 3.63) is 22.7 Å². The average molecular weight is 190 g/mol. The van der Waals surface area contributed by atoms with Crippen LogP contribution in [0.4, 0.5) is 0 Å². The minimum atomic E-state index is -2.62. The van der Waals surface area contributed by atoms with E-state index in [1.807, 2.05) is 0 Å². The van der Waals surface area contributed by atoms with Crippen LogP contribution in [0.3, 0.4) is 0 Å². The molecule has 0 amide bonds. The van der Waals surface area contributed by atoms with E-state index in [1.165, 1.54) is 0 Å². The van der Waals surface area contributed by atoms with Gasteiger partial charge < -0.3 is 0 Å². The molecule has 0 spiro atoms. The highest BCUT2D eigenvalue weighted by molar-refractivity contribution is 7.70. The van der Waals surface area contributed by atoms with Gasteiger partial charge in [0.15, 0.2) is 0 Å². The summed E-state index contributed by atoms with van der Waals surface area (Å²) in [6.45, 7) is 3.82. The van der Waals surface area contributed by atoms with Gasteiger partial charge in [-0.1, -0.05) is 11.7 Å². The summed E-state index contributed by atoms with van der Waals surface area (Å²) in [5, 5.41) is 3.28. The van der Waals surface area contributed by atoms with Crippen LogP contribution in [0.1, 0.15) is 12.8 Å². The first kappa shape index (κ1) is 10.8. The number of thiol groups is 1. The largest absolute Gasteiger partial charge is 0.290 e. The lowest BCUT2D eigenvalue weighted by Crippen LogP contribution is -2.09. The van der Waals surface area contributed by atoms with Crippen molar-refractivity contribution >= 4 is 10.9 Å². The van der Waals surface area contributed by atoms with Crippen molar-refractivity contribution in [1.82, 2.24) is 4.72 Å². The zero-order valence-electron chi connectivity index (χ0n) is 6.43. The molecule has 0 bridgehead atoms. The molecule has 0 unspecified atom stereocenters. The Hall–Kier alpha value is -1.20. The molecule has 1 N–H and O–H groups in total. The van der Waals surface area contributed by atoms with Gasteiger partial charge in [-0.25, -0.2) is 8.42 Å². The third-order valence-electron chi connectivity index (χ3n) is 1.05. The number of hydrogen-bond acceptors (Lipinski definition) is 3.